The van der Waals surface area contributed by atoms with E-state index in [9.17, 15) is 4.79 Å². The molecule has 18 heavy (non-hydrogen) atoms. The Labute approximate surface area is 111 Å². The fourth-order valence-electron chi connectivity index (χ4n) is 2.13. The van der Waals surface area contributed by atoms with Gasteiger partial charge in [0.25, 0.3) is 0 Å². The van der Waals surface area contributed by atoms with Crippen LogP contribution in [0.4, 0.5) is 9.93 Å². The van der Waals surface area contributed by atoms with Gasteiger partial charge < -0.3 is 10.6 Å². The lowest BCUT2D eigenvalue weighted by Crippen LogP contribution is -2.28. The Morgan fingerprint density at radius 2 is 2.33 bits per heavy atom. The molecule has 0 aliphatic carbocycles. The van der Waals surface area contributed by atoms with Crippen LogP contribution >= 0.6 is 11.3 Å². The van der Waals surface area contributed by atoms with Crippen molar-refractivity contribution in [2.24, 2.45) is 5.92 Å². The smallest absolute Gasteiger partial charge is 0.321 e. The molecule has 2 heterocycles. The van der Waals surface area contributed by atoms with E-state index in [1.807, 2.05) is 13.1 Å². The normalized spacial score (nSPS) is 16.5. The Morgan fingerprint density at radius 1 is 1.56 bits per heavy atom. The summed E-state index contributed by atoms with van der Waals surface area (Å²) in [5.41, 5.74) is 0. The minimum absolute atomic E-state index is 0.180. The number of nitrogens with zero attached hydrogens (tertiary/aromatic N) is 1. The van der Waals surface area contributed by atoms with Gasteiger partial charge in [0.15, 0.2) is 5.13 Å². The van der Waals surface area contributed by atoms with Crippen LogP contribution < -0.4 is 16.0 Å². The molecule has 1 aliphatic rings. The Bertz CT molecular complexity index is 387. The molecule has 1 saturated heterocycles. The van der Waals surface area contributed by atoms with Crippen LogP contribution in [-0.2, 0) is 6.42 Å². The number of thiazole rings is 1. The van der Waals surface area contributed by atoms with Crippen molar-refractivity contribution in [2.75, 3.05) is 25.0 Å². The van der Waals surface area contributed by atoms with Crippen LogP contribution in [-0.4, -0.2) is 30.6 Å². The molecular formula is C12H20N4OS. The SMILES string of the molecule is CCNC(=O)Nc1ncc(CC2CCNCC2)s1. The number of carbonyl (C=O) groups excluding carboxylic acids is 1. The lowest BCUT2D eigenvalue weighted by Gasteiger charge is -2.21. The highest BCUT2D eigenvalue weighted by Gasteiger charge is 2.15. The Hall–Kier alpha value is -1.14. The zero-order valence-corrected chi connectivity index (χ0v) is 11.5. The summed E-state index contributed by atoms with van der Waals surface area (Å²) in [5, 5.41) is 9.49. The summed E-state index contributed by atoms with van der Waals surface area (Å²) < 4.78 is 0. The molecule has 3 N–H and O–H groups in total. The highest BCUT2D eigenvalue weighted by Crippen LogP contribution is 2.24. The molecule has 0 bridgehead atoms. The number of hydrogen-bond donors (Lipinski definition) is 3. The van der Waals surface area contributed by atoms with Gasteiger partial charge >= 0.3 is 6.03 Å². The number of hydrogen-bond acceptors (Lipinski definition) is 4. The first-order valence-corrected chi connectivity index (χ1v) is 7.30. The number of anilines is 1. The van der Waals surface area contributed by atoms with Crippen molar-refractivity contribution in [3.05, 3.63) is 11.1 Å². The van der Waals surface area contributed by atoms with E-state index in [0.717, 1.165) is 25.4 Å². The monoisotopic (exact) mass is 268 g/mol. The van der Waals surface area contributed by atoms with E-state index >= 15 is 0 Å². The summed E-state index contributed by atoms with van der Waals surface area (Å²) in [6.07, 6.45) is 5.43. The van der Waals surface area contributed by atoms with Crippen LogP contribution in [0.5, 0.6) is 0 Å². The number of amides is 2. The first kappa shape index (κ1) is 13.3. The van der Waals surface area contributed by atoms with Gasteiger partial charge in [-0.25, -0.2) is 9.78 Å². The predicted molar refractivity (Wildman–Crippen MR) is 74.1 cm³/mol. The Kier molecular flexibility index (Phi) is 4.95. The van der Waals surface area contributed by atoms with Crippen LogP contribution in [0.2, 0.25) is 0 Å². The first-order chi connectivity index (χ1) is 8.78. The highest BCUT2D eigenvalue weighted by molar-refractivity contribution is 7.15. The number of rotatable bonds is 4. The molecule has 0 saturated carbocycles. The second-order valence-corrected chi connectivity index (χ2v) is 5.63. The van der Waals surface area contributed by atoms with E-state index in [-0.39, 0.29) is 6.03 Å². The Balaban J connectivity index is 1.83. The van der Waals surface area contributed by atoms with Crippen molar-refractivity contribution >= 4 is 22.5 Å². The molecule has 0 unspecified atom stereocenters. The predicted octanol–water partition coefficient (Wildman–Crippen LogP) is 1.83. The van der Waals surface area contributed by atoms with Gasteiger partial charge in [0, 0.05) is 17.6 Å². The molecule has 0 radical (unpaired) electrons. The molecule has 2 amide bonds. The zero-order valence-electron chi connectivity index (χ0n) is 10.7. The van der Waals surface area contributed by atoms with Crippen molar-refractivity contribution < 1.29 is 4.79 Å². The van der Waals surface area contributed by atoms with E-state index in [0.29, 0.717) is 11.7 Å². The van der Waals surface area contributed by atoms with Crippen molar-refractivity contribution in [1.29, 1.82) is 0 Å². The summed E-state index contributed by atoms with van der Waals surface area (Å²) in [5.74, 6) is 0.754. The van der Waals surface area contributed by atoms with E-state index in [1.54, 1.807) is 11.3 Å². The van der Waals surface area contributed by atoms with Gasteiger partial charge in [-0.3, -0.25) is 5.32 Å². The maximum Gasteiger partial charge on any atom is 0.321 e. The molecule has 2 rings (SSSR count). The number of urea groups is 1. The zero-order chi connectivity index (χ0) is 12.8. The van der Waals surface area contributed by atoms with E-state index in [1.165, 1.54) is 17.7 Å². The second kappa shape index (κ2) is 6.70. The first-order valence-electron chi connectivity index (χ1n) is 6.48. The molecular weight excluding hydrogens is 248 g/mol. The largest absolute Gasteiger partial charge is 0.338 e. The van der Waals surface area contributed by atoms with Crippen LogP contribution in [0.25, 0.3) is 0 Å². The fraction of sp³-hybridized carbons (Fsp3) is 0.667. The summed E-state index contributed by atoms with van der Waals surface area (Å²) in [6.45, 7) is 4.75. The molecule has 0 atom stereocenters. The molecule has 100 valence electrons. The van der Waals surface area contributed by atoms with E-state index in [2.05, 4.69) is 20.9 Å². The highest BCUT2D eigenvalue weighted by atomic mass is 32.1. The summed E-state index contributed by atoms with van der Waals surface area (Å²) >= 11 is 1.58. The maximum atomic E-state index is 11.3. The molecule has 1 aromatic rings. The molecule has 6 heteroatoms. The van der Waals surface area contributed by atoms with Crippen LogP contribution in [0, 0.1) is 5.92 Å². The van der Waals surface area contributed by atoms with Gasteiger partial charge in [-0.05, 0) is 45.2 Å². The third-order valence-corrected chi connectivity index (χ3v) is 4.00. The Morgan fingerprint density at radius 3 is 3.06 bits per heavy atom. The third-order valence-electron chi connectivity index (χ3n) is 3.06. The molecule has 0 spiro atoms. The van der Waals surface area contributed by atoms with Crippen molar-refractivity contribution in [2.45, 2.75) is 26.2 Å². The minimum Gasteiger partial charge on any atom is -0.338 e. The lowest BCUT2D eigenvalue weighted by atomic mass is 9.94. The molecule has 1 aliphatic heterocycles. The number of carbonyl (C=O) groups is 1. The van der Waals surface area contributed by atoms with Gasteiger partial charge in [0.1, 0.15) is 0 Å². The number of piperidine rings is 1. The molecule has 5 nitrogen and oxygen atoms in total. The van der Waals surface area contributed by atoms with Gasteiger partial charge in [-0.15, -0.1) is 11.3 Å². The number of aromatic nitrogens is 1. The molecule has 1 fully saturated rings. The van der Waals surface area contributed by atoms with Gasteiger partial charge in [0.2, 0.25) is 0 Å². The summed E-state index contributed by atoms with van der Waals surface area (Å²) in [4.78, 5) is 16.8. The van der Waals surface area contributed by atoms with E-state index in [4.69, 9.17) is 0 Å². The van der Waals surface area contributed by atoms with E-state index < -0.39 is 0 Å². The average Bonchev–Trinajstić information content (AvgIpc) is 2.78. The maximum absolute atomic E-state index is 11.3. The van der Waals surface area contributed by atoms with Crippen molar-refractivity contribution in [1.82, 2.24) is 15.6 Å². The lowest BCUT2D eigenvalue weighted by molar-refractivity contribution is 0.252. The van der Waals surface area contributed by atoms with Gasteiger partial charge in [-0.1, -0.05) is 0 Å². The van der Waals surface area contributed by atoms with Crippen LogP contribution in [0.15, 0.2) is 6.20 Å². The van der Waals surface area contributed by atoms with Gasteiger partial charge in [0.05, 0.1) is 0 Å². The van der Waals surface area contributed by atoms with Crippen molar-refractivity contribution in [3.63, 3.8) is 0 Å². The standard InChI is InChI=1S/C12H20N4OS/c1-2-14-11(17)16-12-15-8-10(18-12)7-9-3-5-13-6-4-9/h8-9,13H,2-7H2,1H3,(H2,14,15,16,17). The quantitative estimate of drug-likeness (QED) is 0.780. The third kappa shape index (κ3) is 3.96. The fourth-order valence-corrected chi connectivity index (χ4v) is 3.05. The summed E-state index contributed by atoms with van der Waals surface area (Å²) in [7, 11) is 0. The minimum atomic E-state index is -0.180. The van der Waals surface area contributed by atoms with Crippen molar-refractivity contribution in [3.8, 4) is 0 Å². The second-order valence-electron chi connectivity index (χ2n) is 4.51. The van der Waals surface area contributed by atoms with Crippen LogP contribution in [0.1, 0.15) is 24.6 Å². The molecule has 1 aromatic heterocycles. The topological polar surface area (TPSA) is 66.0 Å². The number of nitrogens with one attached hydrogen (secondary N) is 3. The molecule has 0 aromatic carbocycles. The summed E-state index contributed by atoms with van der Waals surface area (Å²) in [6, 6.07) is -0.180. The van der Waals surface area contributed by atoms with Gasteiger partial charge in [-0.2, -0.15) is 0 Å². The van der Waals surface area contributed by atoms with Crippen LogP contribution in [0.3, 0.4) is 0 Å². The average molecular weight is 268 g/mol.